The van der Waals surface area contributed by atoms with Crippen LogP contribution in [0.2, 0.25) is 0 Å². The molecule has 0 aliphatic heterocycles. The van der Waals surface area contributed by atoms with Gasteiger partial charge in [0.2, 0.25) is 0 Å². The van der Waals surface area contributed by atoms with Gasteiger partial charge in [-0.05, 0) is 63.7 Å². The van der Waals surface area contributed by atoms with Crippen LogP contribution >= 0.6 is 0 Å². The van der Waals surface area contributed by atoms with Crippen molar-refractivity contribution in [3.05, 3.63) is 176 Å². The smallest absolute Gasteiger partial charge is 0.164 e. The number of hydrogen-bond donors (Lipinski definition) is 0. The minimum absolute atomic E-state index is 0.611. The quantitative estimate of drug-likeness (QED) is 0.184. The monoisotopic (exact) mass is 627 g/mol. The molecule has 2 heterocycles. The zero-order valence-corrected chi connectivity index (χ0v) is 26.5. The van der Waals surface area contributed by atoms with Crippen molar-refractivity contribution in [2.45, 2.75) is 0 Å². The molecule has 0 radical (unpaired) electrons. The average Bonchev–Trinajstić information content (AvgIpc) is 3.56. The van der Waals surface area contributed by atoms with E-state index >= 15 is 0 Å². The van der Waals surface area contributed by atoms with Crippen LogP contribution in [-0.4, -0.2) is 15.0 Å². The molecule has 0 spiro atoms. The van der Waals surface area contributed by atoms with Crippen LogP contribution in [0.5, 0.6) is 0 Å². The van der Waals surface area contributed by atoms with E-state index in [0.29, 0.717) is 17.5 Å². The van der Waals surface area contributed by atoms with E-state index in [4.69, 9.17) is 19.4 Å². The first kappa shape index (κ1) is 28.6. The Morgan fingerprint density at radius 3 is 1.49 bits per heavy atom. The second kappa shape index (κ2) is 12.2. The lowest BCUT2D eigenvalue weighted by Gasteiger charge is -2.13. The highest BCUT2D eigenvalue weighted by molar-refractivity contribution is 6.05. The van der Waals surface area contributed by atoms with Crippen LogP contribution in [0.25, 0.3) is 89.5 Å². The van der Waals surface area contributed by atoms with E-state index in [1.54, 1.807) is 0 Å². The minimum atomic E-state index is 0.611. The Bertz CT molecular complexity index is 2610. The van der Waals surface area contributed by atoms with Crippen LogP contribution in [0.15, 0.2) is 180 Å². The zero-order chi connectivity index (χ0) is 32.6. The molecule has 9 aromatic rings. The van der Waals surface area contributed by atoms with E-state index in [1.807, 2.05) is 36.4 Å². The van der Waals surface area contributed by atoms with Gasteiger partial charge in [0.15, 0.2) is 17.5 Å². The summed E-state index contributed by atoms with van der Waals surface area (Å²) in [4.78, 5) is 15.4. The van der Waals surface area contributed by atoms with Crippen molar-refractivity contribution in [3.63, 3.8) is 0 Å². The summed E-state index contributed by atoms with van der Waals surface area (Å²) in [6.07, 6.45) is 0. The molecule has 7 aromatic carbocycles. The molecule has 0 bridgehead atoms. The van der Waals surface area contributed by atoms with Crippen molar-refractivity contribution < 1.29 is 4.42 Å². The Balaban J connectivity index is 1.20. The lowest BCUT2D eigenvalue weighted by molar-refractivity contribution is 0.669. The maximum absolute atomic E-state index is 6.22. The summed E-state index contributed by atoms with van der Waals surface area (Å²) in [6.45, 7) is 0. The lowest BCUT2D eigenvalue weighted by atomic mass is 9.99. The predicted molar refractivity (Wildman–Crippen MR) is 200 cm³/mol. The molecule has 4 heteroatoms. The van der Waals surface area contributed by atoms with E-state index in [2.05, 4.69) is 140 Å². The summed E-state index contributed by atoms with van der Waals surface area (Å²) in [5.41, 5.74) is 11.1. The summed E-state index contributed by atoms with van der Waals surface area (Å²) in [5, 5.41) is 2.23. The van der Waals surface area contributed by atoms with E-state index in [-0.39, 0.29) is 0 Å². The van der Waals surface area contributed by atoms with Crippen molar-refractivity contribution in [2.24, 2.45) is 0 Å². The van der Waals surface area contributed by atoms with Gasteiger partial charge >= 0.3 is 0 Å². The van der Waals surface area contributed by atoms with Crippen molar-refractivity contribution in [3.8, 4) is 67.5 Å². The third kappa shape index (κ3) is 5.45. The van der Waals surface area contributed by atoms with E-state index in [0.717, 1.165) is 72.0 Å². The van der Waals surface area contributed by atoms with Crippen LogP contribution in [-0.2, 0) is 0 Å². The van der Waals surface area contributed by atoms with Gasteiger partial charge < -0.3 is 4.42 Å². The largest absolute Gasteiger partial charge is 0.456 e. The molecule has 0 saturated heterocycles. The van der Waals surface area contributed by atoms with Crippen molar-refractivity contribution in [2.75, 3.05) is 0 Å². The normalized spacial score (nSPS) is 11.3. The molecule has 0 unspecified atom stereocenters. The fraction of sp³-hybridized carbons (Fsp3) is 0. The van der Waals surface area contributed by atoms with Crippen LogP contribution in [0.4, 0.5) is 0 Å². The van der Waals surface area contributed by atoms with Crippen molar-refractivity contribution in [1.82, 2.24) is 15.0 Å². The van der Waals surface area contributed by atoms with Crippen LogP contribution in [0.3, 0.4) is 0 Å². The molecule has 2 aromatic heterocycles. The molecule has 0 atom stereocenters. The zero-order valence-electron chi connectivity index (χ0n) is 26.5. The van der Waals surface area contributed by atoms with E-state index in [9.17, 15) is 0 Å². The van der Waals surface area contributed by atoms with Gasteiger partial charge in [0.25, 0.3) is 0 Å². The molecule has 0 N–H and O–H groups in total. The van der Waals surface area contributed by atoms with Gasteiger partial charge in [0.05, 0.1) is 0 Å². The maximum atomic E-state index is 6.22. The first-order valence-corrected chi connectivity index (χ1v) is 16.4. The first-order valence-electron chi connectivity index (χ1n) is 16.4. The Morgan fingerprint density at radius 1 is 0.286 bits per heavy atom. The number of furan rings is 1. The van der Waals surface area contributed by atoms with Gasteiger partial charge in [-0.15, -0.1) is 0 Å². The number of rotatable bonds is 6. The molecule has 0 fully saturated rings. The summed E-state index contributed by atoms with van der Waals surface area (Å²) in [7, 11) is 0. The highest BCUT2D eigenvalue weighted by Gasteiger charge is 2.17. The number of aromatic nitrogens is 3. The minimum Gasteiger partial charge on any atom is -0.456 e. The molecule has 9 rings (SSSR count). The van der Waals surface area contributed by atoms with Crippen LogP contribution in [0.1, 0.15) is 0 Å². The third-order valence-corrected chi connectivity index (χ3v) is 8.95. The van der Waals surface area contributed by atoms with Crippen molar-refractivity contribution >= 4 is 21.9 Å². The number of hydrogen-bond acceptors (Lipinski definition) is 4. The molecule has 0 amide bonds. The average molecular weight is 628 g/mol. The number of fused-ring (bicyclic) bond motifs is 3. The highest BCUT2D eigenvalue weighted by atomic mass is 16.3. The highest BCUT2D eigenvalue weighted by Crippen LogP contribution is 2.35. The topological polar surface area (TPSA) is 51.8 Å². The van der Waals surface area contributed by atoms with Gasteiger partial charge in [0.1, 0.15) is 11.2 Å². The fourth-order valence-electron chi connectivity index (χ4n) is 6.51. The molecule has 0 aliphatic carbocycles. The first-order chi connectivity index (χ1) is 24.3. The van der Waals surface area contributed by atoms with Crippen LogP contribution in [0, 0.1) is 0 Å². The fourth-order valence-corrected chi connectivity index (χ4v) is 6.51. The SMILES string of the molecule is c1ccc(-c2cccc(-c3nc(-c4cccc(-c5ccc6c(c5)oc5ccccc56)c4)nc(-c4ccccc4-c4ccccc4)n3)c2)cc1. The number of benzene rings is 7. The summed E-state index contributed by atoms with van der Waals surface area (Å²) in [6, 6.07) is 60.4. The Kier molecular flexibility index (Phi) is 7.10. The summed E-state index contributed by atoms with van der Waals surface area (Å²) >= 11 is 0. The second-order valence-corrected chi connectivity index (χ2v) is 12.1. The lowest BCUT2D eigenvalue weighted by Crippen LogP contribution is -2.01. The molecular weight excluding hydrogens is 599 g/mol. The summed E-state index contributed by atoms with van der Waals surface area (Å²) in [5.74, 6) is 1.85. The third-order valence-electron chi connectivity index (χ3n) is 8.95. The molecular formula is C45H29N3O. The van der Waals surface area contributed by atoms with Crippen molar-refractivity contribution in [1.29, 1.82) is 0 Å². The van der Waals surface area contributed by atoms with E-state index < -0.39 is 0 Å². The molecule has 0 saturated carbocycles. The Morgan fingerprint density at radius 2 is 0.776 bits per heavy atom. The van der Waals surface area contributed by atoms with Gasteiger partial charge in [-0.2, -0.15) is 0 Å². The Labute approximate surface area is 284 Å². The standard InChI is InChI=1S/C45H29N3O/c1-3-13-30(14-4-1)32-17-11-19-35(27-32)43-46-44(48-45(47-43)40-23-8-7-21-37(40)31-15-5-2-6-16-31)36-20-12-18-33(28-36)34-25-26-39-38-22-9-10-24-41(38)49-42(39)29-34/h1-29H. The summed E-state index contributed by atoms with van der Waals surface area (Å²) < 4.78 is 6.22. The Hall–Kier alpha value is -6.65. The van der Waals surface area contributed by atoms with Gasteiger partial charge in [-0.1, -0.05) is 146 Å². The molecule has 0 aliphatic rings. The van der Waals surface area contributed by atoms with Gasteiger partial charge in [-0.25, -0.2) is 15.0 Å². The molecule has 4 nitrogen and oxygen atoms in total. The van der Waals surface area contributed by atoms with Gasteiger partial charge in [0, 0.05) is 27.5 Å². The van der Waals surface area contributed by atoms with E-state index in [1.165, 1.54) is 0 Å². The molecule has 230 valence electrons. The van der Waals surface area contributed by atoms with Crippen LogP contribution < -0.4 is 0 Å². The maximum Gasteiger partial charge on any atom is 0.164 e. The number of para-hydroxylation sites is 1. The number of nitrogens with zero attached hydrogens (tertiary/aromatic N) is 3. The molecule has 49 heavy (non-hydrogen) atoms. The second-order valence-electron chi connectivity index (χ2n) is 12.1. The predicted octanol–water partition coefficient (Wildman–Crippen LogP) is 11.8. The van der Waals surface area contributed by atoms with Gasteiger partial charge in [-0.3, -0.25) is 0 Å².